The van der Waals surface area contributed by atoms with Gasteiger partial charge in [-0.05, 0) is 18.4 Å². The number of carboxylic acid groups (broad SMARTS) is 1. The van der Waals surface area contributed by atoms with E-state index in [-0.39, 0.29) is 18.3 Å². The van der Waals surface area contributed by atoms with Crippen molar-refractivity contribution in [1.29, 1.82) is 0 Å². The zero-order chi connectivity index (χ0) is 13.0. The van der Waals surface area contributed by atoms with E-state index in [0.29, 0.717) is 12.8 Å². The Balaban J connectivity index is 1.72. The van der Waals surface area contributed by atoms with Crippen molar-refractivity contribution in [2.24, 2.45) is 0 Å². The molecule has 0 aliphatic heterocycles. The van der Waals surface area contributed by atoms with Crippen LogP contribution in [0.1, 0.15) is 18.4 Å². The molecule has 0 saturated heterocycles. The molecule has 0 heterocycles. The predicted molar refractivity (Wildman–Crippen MR) is 68.3 cm³/mol. The minimum Gasteiger partial charge on any atom is -0.480 e. The summed E-state index contributed by atoms with van der Waals surface area (Å²) in [5.74, 6) is -1.10. The molecule has 96 valence electrons. The molecule has 1 saturated carbocycles. The highest BCUT2D eigenvalue weighted by atomic mass is 32.2. The van der Waals surface area contributed by atoms with Gasteiger partial charge in [0.15, 0.2) is 0 Å². The molecule has 1 fully saturated rings. The number of hydrogen-bond donors (Lipinski definition) is 1. The van der Waals surface area contributed by atoms with Crippen LogP contribution in [0.4, 0.5) is 0 Å². The van der Waals surface area contributed by atoms with Crippen LogP contribution >= 0.6 is 11.8 Å². The second-order valence-electron chi connectivity index (χ2n) is 4.23. The number of hydrogen-bond acceptors (Lipinski definition) is 4. The zero-order valence-corrected chi connectivity index (χ0v) is 10.6. The molecule has 1 aromatic carbocycles. The number of rotatable bonds is 6. The van der Waals surface area contributed by atoms with Crippen molar-refractivity contribution in [3.8, 4) is 0 Å². The van der Waals surface area contributed by atoms with E-state index in [1.54, 1.807) is 0 Å². The maximum atomic E-state index is 11.5. The molecule has 1 aromatic rings. The summed E-state index contributed by atoms with van der Waals surface area (Å²) in [6.07, 6.45) is 1.28. The number of thioether (sulfide) groups is 1. The van der Waals surface area contributed by atoms with E-state index in [1.165, 1.54) is 11.8 Å². The average Bonchev–Trinajstić information content (AvgIpc) is 3.16. The second kappa shape index (κ2) is 5.44. The molecule has 4 nitrogen and oxygen atoms in total. The number of aliphatic carboxylic acids is 1. The predicted octanol–water partition coefficient (Wildman–Crippen LogP) is 2.08. The Kier molecular flexibility index (Phi) is 3.91. The van der Waals surface area contributed by atoms with Crippen LogP contribution in [0.5, 0.6) is 0 Å². The smallest absolute Gasteiger partial charge is 0.319 e. The summed E-state index contributed by atoms with van der Waals surface area (Å²) in [5, 5.41) is 8.95. The number of esters is 1. The second-order valence-corrected chi connectivity index (χ2v) is 5.59. The van der Waals surface area contributed by atoms with Gasteiger partial charge in [-0.3, -0.25) is 9.59 Å². The Labute approximate surface area is 109 Å². The molecule has 1 aliphatic rings. The zero-order valence-electron chi connectivity index (χ0n) is 9.80. The summed E-state index contributed by atoms with van der Waals surface area (Å²) < 4.78 is 4.35. The largest absolute Gasteiger partial charge is 0.480 e. The molecule has 0 aromatic heterocycles. The highest BCUT2D eigenvalue weighted by Gasteiger charge is 2.51. The van der Waals surface area contributed by atoms with Crippen molar-refractivity contribution >= 4 is 23.7 Å². The lowest BCUT2D eigenvalue weighted by atomic mass is 10.2. The van der Waals surface area contributed by atoms with E-state index < -0.39 is 10.7 Å². The molecule has 0 unspecified atom stereocenters. The van der Waals surface area contributed by atoms with Crippen LogP contribution in [0, 0.1) is 0 Å². The monoisotopic (exact) mass is 266 g/mol. The van der Waals surface area contributed by atoms with Crippen LogP contribution in [-0.4, -0.2) is 27.5 Å². The highest BCUT2D eigenvalue weighted by Crippen LogP contribution is 2.48. The number of carbonyl (C=O) groups excluding carboxylic acids is 1. The molecule has 0 bridgehead atoms. The van der Waals surface area contributed by atoms with Crippen LogP contribution < -0.4 is 0 Å². The first-order valence-corrected chi connectivity index (χ1v) is 6.68. The van der Waals surface area contributed by atoms with Gasteiger partial charge in [0, 0.05) is 0 Å². The van der Waals surface area contributed by atoms with E-state index in [4.69, 9.17) is 9.84 Å². The molecular formula is C13H14O4S. The minimum atomic E-state index is -0.830. The Morgan fingerprint density at radius 3 is 2.50 bits per heavy atom. The summed E-state index contributed by atoms with van der Waals surface area (Å²) in [6.45, 7) is 0.236. The Morgan fingerprint density at radius 2 is 1.94 bits per heavy atom. The number of carboxylic acids is 1. The van der Waals surface area contributed by atoms with Gasteiger partial charge in [-0.2, -0.15) is 0 Å². The topological polar surface area (TPSA) is 63.6 Å². The summed E-state index contributed by atoms with van der Waals surface area (Å²) in [7, 11) is 0. The molecule has 0 amide bonds. The van der Waals surface area contributed by atoms with Crippen molar-refractivity contribution in [2.75, 3.05) is 5.75 Å². The van der Waals surface area contributed by atoms with Crippen LogP contribution in [-0.2, 0) is 20.9 Å². The normalized spacial score (nSPS) is 16.0. The third kappa shape index (κ3) is 3.26. The van der Waals surface area contributed by atoms with E-state index >= 15 is 0 Å². The summed E-state index contributed by atoms with van der Waals surface area (Å²) in [5.41, 5.74) is 0.926. The molecule has 5 heteroatoms. The van der Waals surface area contributed by atoms with Crippen molar-refractivity contribution in [3.05, 3.63) is 35.9 Å². The van der Waals surface area contributed by atoms with E-state index in [0.717, 1.165) is 5.56 Å². The van der Waals surface area contributed by atoms with Gasteiger partial charge in [0.25, 0.3) is 0 Å². The standard InChI is InChI=1S/C13H14O4S/c14-11(9-18-13(6-7-13)12(15)16)17-8-10-4-2-1-3-5-10/h1-5H,6-9H2,(H,15,16). The molecule has 1 N–H and O–H groups in total. The SMILES string of the molecule is O=C(CSC1(C(=O)O)CC1)OCc1ccccc1. The fourth-order valence-corrected chi connectivity index (χ4v) is 2.50. The van der Waals surface area contributed by atoms with Crippen LogP contribution in [0.2, 0.25) is 0 Å². The van der Waals surface area contributed by atoms with Crippen molar-refractivity contribution < 1.29 is 19.4 Å². The maximum Gasteiger partial charge on any atom is 0.319 e. The minimum absolute atomic E-state index is 0.0964. The van der Waals surface area contributed by atoms with Gasteiger partial charge in [0.1, 0.15) is 11.4 Å². The average molecular weight is 266 g/mol. The first-order valence-electron chi connectivity index (χ1n) is 5.69. The molecule has 0 atom stereocenters. The van der Waals surface area contributed by atoms with Gasteiger partial charge >= 0.3 is 11.9 Å². The Hall–Kier alpha value is -1.49. The van der Waals surface area contributed by atoms with Crippen molar-refractivity contribution in [2.45, 2.75) is 24.2 Å². The van der Waals surface area contributed by atoms with Crippen molar-refractivity contribution in [1.82, 2.24) is 0 Å². The Morgan fingerprint density at radius 1 is 1.28 bits per heavy atom. The van der Waals surface area contributed by atoms with Gasteiger partial charge in [-0.25, -0.2) is 0 Å². The summed E-state index contributed by atoms with van der Waals surface area (Å²) in [4.78, 5) is 22.4. The quantitative estimate of drug-likeness (QED) is 0.799. The van der Waals surface area contributed by atoms with E-state index in [9.17, 15) is 9.59 Å². The lowest BCUT2D eigenvalue weighted by Crippen LogP contribution is -2.20. The van der Waals surface area contributed by atoms with Crippen LogP contribution in [0.25, 0.3) is 0 Å². The van der Waals surface area contributed by atoms with Crippen molar-refractivity contribution in [3.63, 3.8) is 0 Å². The van der Waals surface area contributed by atoms with Gasteiger partial charge in [0.2, 0.25) is 0 Å². The van der Waals surface area contributed by atoms with E-state index in [2.05, 4.69) is 0 Å². The third-order valence-corrected chi connectivity index (χ3v) is 4.32. The fraction of sp³-hybridized carbons (Fsp3) is 0.385. The first-order chi connectivity index (χ1) is 8.62. The molecule has 18 heavy (non-hydrogen) atoms. The van der Waals surface area contributed by atoms with Gasteiger partial charge in [-0.1, -0.05) is 30.3 Å². The molecule has 1 aliphatic carbocycles. The summed E-state index contributed by atoms with van der Waals surface area (Å²) in [6, 6.07) is 9.40. The highest BCUT2D eigenvalue weighted by molar-refractivity contribution is 8.02. The first kappa shape index (κ1) is 13.0. The number of ether oxygens (including phenoxy) is 1. The molecule has 0 radical (unpaired) electrons. The number of benzene rings is 1. The fourth-order valence-electron chi connectivity index (χ4n) is 1.51. The number of carbonyl (C=O) groups is 2. The van der Waals surface area contributed by atoms with Gasteiger partial charge in [0.05, 0.1) is 5.75 Å². The molecule has 2 rings (SSSR count). The van der Waals surface area contributed by atoms with E-state index in [1.807, 2.05) is 30.3 Å². The molecular weight excluding hydrogens is 252 g/mol. The lowest BCUT2D eigenvalue weighted by Gasteiger charge is -2.09. The van der Waals surface area contributed by atoms with Gasteiger partial charge in [-0.15, -0.1) is 11.8 Å². The van der Waals surface area contributed by atoms with Gasteiger partial charge < -0.3 is 9.84 Å². The maximum absolute atomic E-state index is 11.5. The third-order valence-electron chi connectivity index (χ3n) is 2.80. The Bertz CT molecular complexity index is 440. The summed E-state index contributed by atoms with van der Waals surface area (Å²) >= 11 is 1.17. The molecule has 0 spiro atoms. The lowest BCUT2D eigenvalue weighted by molar-refractivity contribution is -0.141. The van der Waals surface area contributed by atoms with Crippen LogP contribution in [0.3, 0.4) is 0 Å². The van der Waals surface area contributed by atoms with Crippen LogP contribution in [0.15, 0.2) is 30.3 Å².